The topological polar surface area (TPSA) is 0 Å². The standard InChI is InChI=1S/C33H27Cl2P/c1-24-22-29(31(25-14-6-2-7-15-25)26-16-8-3-9-17-26)33(36(34)35)30(23-24)32(27-18-10-4-11-19-27)28-20-12-5-13-21-28/h2-23,31-32H,1H3. The number of halogens is 2. The molecule has 0 spiro atoms. The molecule has 0 bridgehead atoms. The molecule has 3 heteroatoms. The minimum absolute atomic E-state index is 0.0238. The van der Waals surface area contributed by atoms with E-state index in [-0.39, 0.29) is 11.8 Å². The lowest BCUT2D eigenvalue weighted by atomic mass is 9.79. The van der Waals surface area contributed by atoms with Gasteiger partial charge < -0.3 is 0 Å². The molecule has 0 aromatic heterocycles. The monoisotopic (exact) mass is 524 g/mol. The number of rotatable bonds is 7. The van der Waals surface area contributed by atoms with Gasteiger partial charge in [-0.3, -0.25) is 0 Å². The Hall–Kier alpha value is -2.89. The Bertz CT molecular complexity index is 1220. The molecule has 0 aliphatic carbocycles. The molecule has 5 rings (SSSR count). The zero-order valence-electron chi connectivity index (χ0n) is 20.1. The van der Waals surface area contributed by atoms with E-state index in [1.807, 2.05) is 0 Å². The van der Waals surface area contributed by atoms with Crippen LogP contribution in [0.1, 0.15) is 50.8 Å². The minimum atomic E-state index is -1.43. The Morgan fingerprint density at radius 2 is 0.750 bits per heavy atom. The second-order valence-electron chi connectivity index (χ2n) is 9.03. The van der Waals surface area contributed by atoms with Gasteiger partial charge in [-0.25, -0.2) is 0 Å². The summed E-state index contributed by atoms with van der Waals surface area (Å²) in [7, 11) is 0. The Morgan fingerprint density at radius 1 is 0.472 bits per heavy atom. The molecule has 5 aromatic rings. The van der Waals surface area contributed by atoms with Gasteiger partial charge in [-0.1, -0.05) is 162 Å². The molecule has 0 saturated heterocycles. The summed E-state index contributed by atoms with van der Waals surface area (Å²) in [6.45, 7) is 0.737. The summed E-state index contributed by atoms with van der Waals surface area (Å²) in [5, 5.41) is 1.05. The van der Waals surface area contributed by atoms with Crippen LogP contribution >= 0.6 is 29.1 Å². The van der Waals surface area contributed by atoms with E-state index in [9.17, 15) is 0 Å². The van der Waals surface area contributed by atoms with Crippen molar-refractivity contribution < 1.29 is 0 Å². The van der Waals surface area contributed by atoms with E-state index >= 15 is 0 Å². The first-order valence-corrected chi connectivity index (χ1v) is 15.2. The zero-order valence-corrected chi connectivity index (χ0v) is 22.5. The van der Waals surface area contributed by atoms with E-state index in [1.165, 1.54) is 38.9 Å². The second-order valence-corrected chi connectivity index (χ2v) is 12.5. The van der Waals surface area contributed by atoms with Crippen LogP contribution in [0.4, 0.5) is 0 Å². The lowest BCUT2D eigenvalue weighted by Crippen LogP contribution is -2.21. The van der Waals surface area contributed by atoms with Gasteiger partial charge in [-0.15, -0.1) is 0 Å². The van der Waals surface area contributed by atoms with Gasteiger partial charge in [-0.05, 0) is 40.3 Å². The smallest absolute Gasteiger partial charge is 0.0727 e. The molecule has 0 radical (unpaired) electrons. The summed E-state index contributed by atoms with van der Waals surface area (Å²) in [6, 6.07) is 47.1. The first kappa shape index (κ1) is 24.8. The van der Waals surface area contributed by atoms with Crippen molar-refractivity contribution in [3.8, 4) is 0 Å². The Morgan fingerprint density at radius 3 is 1.00 bits per heavy atom. The summed E-state index contributed by atoms with van der Waals surface area (Å²) in [5.41, 5.74) is 8.45. The maximum Gasteiger partial charge on any atom is 0.117 e. The van der Waals surface area contributed by atoms with E-state index in [4.69, 9.17) is 22.5 Å². The molecule has 0 atom stereocenters. The Kier molecular flexibility index (Phi) is 7.88. The van der Waals surface area contributed by atoms with Crippen molar-refractivity contribution in [2.75, 3.05) is 0 Å². The van der Waals surface area contributed by atoms with Crippen molar-refractivity contribution in [2.45, 2.75) is 18.8 Å². The van der Waals surface area contributed by atoms with Gasteiger partial charge in [-0.2, -0.15) is 0 Å². The van der Waals surface area contributed by atoms with Crippen LogP contribution in [0.2, 0.25) is 0 Å². The van der Waals surface area contributed by atoms with Crippen molar-refractivity contribution >= 4 is 34.4 Å². The predicted molar refractivity (Wildman–Crippen MR) is 157 cm³/mol. The average Bonchev–Trinajstić information content (AvgIpc) is 2.91. The van der Waals surface area contributed by atoms with Crippen molar-refractivity contribution in [1.82, 2.24) is 0 Å². The third-order valence-electron chi connectivity index (χ3n) is 6.64. The van der Waals surface area contributed by atoms with E-state index < -0.39 is 6.63 Å². The lowest BCUT2D eigenvalue weighted by Gasteiger charge is -2.28. The Labute approximate surface area is 224 Å². The summed E-state index contributed by atoms with van der Waals surface area (Å²) in [6.07, 6.45) is 0. The summed E-state index contributed by atoms with van der Waals surface area (Å²) < 4.78 is 0. The zero-order chi connectivity index (χ0) is 24.9. The normalized spacial score (nSPS) is 11.4. The summed E-state index contributed by atoms with van der Waals surface area (Å²) in [4.78, 5) is 0. The highest BCUT2D eigenvalue weighted by molar-refractivity contribution is 8.09. The molecule has 0 heterocycles. The van der Waals surface area contributed by atoms with Gasteiger partial charge in [0, 0.05) is 17.1 Å². The molecule has 0 amide bonds. The van der Waals surface area contributed by atoms with Crippen LogP contribution in [-0.2, 0) is 0 Å². The van der Waals surface area contributed by atoms with Gasteiger partial charge in [0.15, 0.2) is 0 Å². The van der Waals surface area contributed by atoms with Crippen LogP contribution in [-0.4, -0.2) is 0 Å². The molecule has 0 aliphatic rings. The van der Waals surface area contributed by atoms with Crippen LogP contribution < -0.4 is 5.30 Å². The van der Waals surface area contributed by atoms with Crippen LogP contribution in [0.25, 0.3) is 0 Å². The van der Waals surface area contributed by atoms with Crippen molar-refractivity contribution in [1.29, 1.82) is 0 Å². The minimum Gasteiger partial charge on any atom is -0.0727 e. The molecule has 0 unspecified atom stereocenters. The highest BCUT2D eigenvalue weighted by Gasteiger charge is 2.29. The van der Waals surface area contributed by atoms with Gasteiger partial charge >= 0.3 is 0 Å². The number of hydrogen-bond donors (Lipinski definition) is 0. The third kappa shape index (κ3) is 5.28. The summed E-state index contributed by atoms with van der Waals surface area (Å²) >= 11 is 13.9. The fraction of sp³-hybridized carbons (Fsp3) is 0.0909. The van der Waals surface area contributed by atoms with Gasteiger partial charge in [0.25, 0.3) is 0 Å². The molecule has 0 fully saturated rings. The van der Waals surface area contributed by atoms with Crippen molar-refractivity contribution in [3.05, 3.63) is 172 Å². The maximum absolute atomic E-state index is 6.93. The maximum atomic E-state index is 6.93. The van der Waals surface area contributed by atoms with E-state index in [0.29, 0.717) is 0 Å². The van der Waals surface area contributed by atoms with Crippen LogP contribution in [0.15, 0.2) is 133 Å². The Balaban J connectivity index is 1.81. The van der Waals surface area contributed by atoms with Crippen molar-refractivity contribution in [3.63, 3.8) is 0 Å². The highest BCUT2D eigenvalue weighted by Crippen LogP contribution is 2.51. The third-order valence-corrected chi connectivity index (χ3v) is 8.50. The molecule has 0 aliphatic heterocycles. The predicted octanol–water partition coefficient (Wildman–Crippen LogP) is 9.77. The summed E-state index contributed by atoms with van der Waals surface area (Å²) in [5.74, 6) is 0.0477. The first-order chi connectivity index (χ1) is 17.6. The fourth-order valence-electron chi connectivity index (χ4n) is 5.16. The first-order valence-electron chi connectivity index (χ1n) is 12.1. The van der Waals surface area contributed by atoms with Crippen molar-refractivity contribution in [2.24, 2.45) is 0 Å². The number of benzene rings is 5. The van der Waals surface area contributed by atoms with E-state index in [2.05, 4.69) is 140 Å². The van der Waals surface area contributed by atoms with Crippen LogP contribution in [0, 0.1) is 6.92 Å². The number of aryl methyl sites for hydroxylation is 1. The highest BCUT2D eigenvalue weighted by atomic mass is 35.9. The lowest BCUT2D eigenvalue weighted by molar-refractivity contribution is 0.950. The van der Waals surface area contributed by atoms with Crippen LogP contribution in [0.5, 0.6) is 0 Å². The molecule has 36 heavy (non-hydrogen) atoms. The molecular formula is C33H27Cl2P. The van der Waals surface area contributed by atoms with E-state index in [0.717, 1.165) is 5.30 Å². The molecular weight excluding hydrogens is 498 g/mol. The SMILES string of the molecule is Cc1cc(C(c2ccccc2)c2ccccc2)c(P(Cl)Cl)c(C(c2ccccc2)c2ccccc2)c1. The second kappa shape index (κ2) is 11.4. The largest absolute Gasteiger partial charge is 0.117 e. The van der Waals surface area contributed by atoms with E-state index in [1.54, 1.807) is 0 Å². The molecule has 5 aromatic carbocycles. The van der Waals surface area contributed by atoms with Gasteiger partial charge in [0.1, 0.15) is 6.63 Å². The molecule has 178 valence electrons. The average molecular weight is 525 g/mol. The quantitative estimate of drug-likeness (QED) is 0.147. The fourth-order valence-corrected chi connectivity index (χ4v) is 7.10. The van der Waals surface area contributed by atoms with Gasteiger partial charge in [0.2, 0.25) is 0 Å². The molecule has 0 N–H and O–H groups in total. The molecule has 0 nitrogen and oxygen atoms in total. The van der Waals surface area contributed by atoms with Gasteiger partial charge in [0.05, 0.1) is 0 Å². The van der Waals surface area contributed by atoms with Crippen LogP contribution in [0.3, 0.4) is 0 Å². The molecule has 0 saturated carbocycles. The number of hydrogen-bond acceptors (Lipinski definition) is 0.